The zero-order valence-corrected chi connectivity index (χ0v) is 19.8. The first kappa shape index (κ1) is 28.9. The molecule has 10 nitrogen and oxygen atoms in total. The number of hydrogen-bond donors (Lipinski definition) is 5. The average molecular weight is 478 g/mol. The van der Waals surface area contributed by atoms with Crippen LogP contribution in [0.2, 0.25) is 0 Å². The number of aliphatic hydroxyl groups is 1. The number of rotatable bonds is 18. The van der Waals surface area contributed by atoms with Gasteiger partial charge in [0.1, 0.15) is 6.61 Å². The van der Waals surface area contributed by atoms with E-state index in [2.05, 4.69) is 15.6 Å². The maximum absolute atomic E-state index is 11.9. The first-order valence-corrected chi connectivity index (χ1v) is 11.8. The number of nitrogens with one attached hydrogen (secondary N) is 2. The van der Waals surface area contributed by atoms with E-state index in [4.69, 9.17) is 16.2 Å². The second kappa shape index (κ2) is 18.3. The number of aliphatic imine (C=N–C) groups is 1. The van der Waals surface area contributed by atoms with Crippen LogP contribution in [0, 0.1) is 0 Å². The van der Waals surface area contributed by atoms with Crippen molar-refractivity contribution in [2.45, 2.75) is 70.5 Å². The molecule has 2 amide bonds. The minimum atomic E-state index is -0.987. The predicted molar refractivity (Wildman–Crippen MR) is 130 cm³/mol. The molecule has 0 fully saturated rings. The lowest BCUT2D eigenvalue weighted by atomic mass is 10.1. The Balaban J connectivity index is 1.99. The van der Waals surface area contributed by atoms with Crippen molar-refractivity contribution >= 4 is 23.7 Å². The number of hydrogen-bond acceptors (Lipinski definition) is 6. The number of aliphatic hydroxyl groups excluding tert-OH is 1. The maximum Gasteiger partial charge on any atom is 0.307 e. The molecule has 10 heteroatoms. The van der Waals surface area contributed by atoms with Gasteiger partial charge in [0, 0.05) is 26.1 Å². The van der Waals surface area contributed by atoms with Crippen molar-refractivity contribution in [1.82, 2.24) is 10.6 Å². The summed E-state index contributed by atoms with van der Waals surface area (Å²) in [5.41, 5.74) is 11.4. The van der Waals surface area contributed by atoms with E-state index in [9.17, 15) is 19.5 Å². The fourth-order valence-electron chi connectivity index (χ4n) is 3.11. The number of carbonyl (C=O) groups is 3. The van der Waals surface area contributed by atoms with Gasteiger partial charge < -0.3 is 31.9 Å². The van der Waals surface area contributed by atoms with E-state index in [-0.39, 0.29) is 44.4 Å². The number of carbonyl (C=O) groups excluding carboxylic acids is 3. The molecule has 190 valence electrons. The van der Waals surface area contributed by atoms with Crippen molar-refractivity contribution in [2.75, 3.05) is 19.6 Å². The number of benzene rings is 1. The minimum Gasteiger partial charge on any atom is -0.461 e. The quantitative estimate of drug-likeness (QED) is 0.0912. The molecule has 1 aromatic carbocycles. The Hall–Kier alpha value is -3.14. The molecule has 0 radical (unpaired) electrons. The van der Waals surface area contributed by atoms with Crippen molar-refractivity contribution in [1.29, 1.82) is 0 Å². The number of ether oxygens (including phenoxy) is 1. The average Bonchev–Trinajstić information content (AvgIpc) is 2.80. The molecular formula is C24H39N5O5. The summed E-state index contributed by atoms with van der Waals surface area (Å²) >= 11 is 0. The summed E-state index contributed by atoms with van der Waals surface area (Å²) < 4.78 is 5.13. The molecule has 0 aliphatic rings. The van der Waals surface area contributed by atoms with E-state index >= 15 is 0 Å². The van der Waals surface area contributed by atoms with Crippen molar-refractivity contribution in [3.63, 3.8) is 0 Å². The monoisotopic (exact) mass is 477 g/mol. The number of guanidine groups is 1. The Labute approximate surface area is 201 Å². The maximum atomic E-state index is 11.9. The van der Waals surface area contributed by atoms with Crippen LogP contribution in [-0.2, 0) is 25.7 Å². The van der Waals surface area contributed by atoms with Crippen LogP contribution in [0.1, 0.15) is 63.4 Å². The minimum absolute atomic E-state index is 0.0101. The summed E-state index contributed by atoms with van der Waals surface area (Å²) in [7, 11) is 0. The molecule has 0 aliphatic carbocycles. The summed E-state index contributed by atoms with van der Waals surface area (Å²) in [6, 6.07) is 9.32. The van der Waals surface area contributed by atoms with Crippen LogP contribution in [0.3, 0.4) is 0 Å². The topological polar surface area (TPSA) is 169 Å². The number of nitrogens with zero attached hydrogens (tertiary/aromatic N) is 1. The van der Waals surface area contributed by atoms with Crippen LogP contribution in [0.4, 0.5) is 0 Å². The van der Waals surface area contributed by atoms with Crippen molar-refractivity contribution in [3.05, 3.63) is 35.9 Å². The third kappa shape index (κ3) is 16.5. The van der Waals surface area contributed by atoms with Crippen LogP contribution < -0.4 is 22.1 Å². The van der Waals surface area contributed by atoms with Gasteiger partial charge in [0.2, 0.25) is 11.8 Å². The highest BCUT2D eigenvalue weighted by Crippen LogP contribution is 2.07. The smallest absolute Gasteiger partial charge is 0.307 e. The van der Waals surface area contributed by atoms with Crippen molar-refractivity contribution in [2.24, 2.45) is 16.5 Å². The molecule has 0 spiro atoms. The summed E-state index contributed by atoms with van der Waals surface area (Å²) in [4.78, 5) is 39.4. The Kier molecular flexibility index (Phi) is 15.6. The Morgan fingerprint density at radius 1 is 0.912 bits per heavy atom. The summed E-state index contributed by atoms with van der Waals surface area (Å²) in [5.74, 6) is -0.831. The molecule has 1 rings (SSSR count). The highest BCUT2D eigenvalue weighted by molar-refractivity contribution is 5.78. The van der Waals surface area contributed by atoms with E-state index in [1.807, 2.05) is 30.3 Å². The van der Waals surface area contributed by atoms with Crippen LogP contribution >= 0.6 is 0 Å². The third-order valence-electron chi connectivity index (χ3n) is 4.96. The van der Waals surface area contributed by atoms with Gasteiger partial charge in [-0.05, 0) is 18.4 Å². The fraction of sp³-hybridized carbons (Fsp3) is 0.583. The Morgan fingerprint density at radius 3 is 2.29 bits per heavy atom. The molecule has 1 aromatic rings. The molecule has 0 bridgehead atoms. The molecular weight excluding hydrogens is 438 g/mol. The highest BCUT2D eigenvalue weighted by atomic mass is 16.5. The van der Waals surface area contributed by atoms with Gasteiger partial charge in [0.05, 0.1) is 18.9 Å². The standard InChI is InChI=1S/C24H39N5O5/c25-24(26)28-14-9-4-2-1-3-8-12-21(31)29-17-20(30)16-22(32)27-15-13-23(33)34-18-19-10-6-5-7-11-19/h5-7,10-11,20,30H,1-4,8-9,12-18H2,(H,27,32)(H,29,31)(H4,25,26,28)/t20-/m0/s1. The first-order chi connectivity index (χ1) is 16.4. The predicted octanol–water partition coefficient (Wildman–Crippen LogP) is 1.11. The van der Waals surface area contributed by atoms with Crippen LogP contribution in [-0.4, -0.2) is 54.6 Å². The lowest BCUT2D eigenvalue weighted by Gasteiger charge is -2.12. The van der Waals surface area contributed by atoms with E-state index in [0.29, 0.717) is 13.0 Å². The molecule has 0 unspecified atom stereocenters. The molecule has 7 N–H and O–H groups in total. The zero-order valence-electron chi connectivity index (χ0n) is 19.8. The lowest BCUT2D eigenvalue weighted by molar-refractivity contribution is -0.144. The molecule has 0 saturated heterocycles. The van der Waals surface area contributed by atoms with Gasteiger partial charge in [-0.25, -0.2) is 0 Å². The fourth-order valence-corrected chi connectivity index (χ4v) is 3.11. The zero-order chi connectivity index (χ0) is 25.0. The van der Waals surface area contributed by atoms with E-state index < -0.39 is 18.0 Å². The number of unbranched alkanes of at least 4 members (excludes halogenated alkanes) is 5. The lowest BCUT2D eigenvalue weighted by Crippen LogP contribution is -2.36. The third-order valence-corrected chi connectivity index (χ3v) is 4.96. The van der Waals surface area contributed by atoms with Gasteiger partial charge in [-0.2, -0.15) is 0 Å². The molecule has 1 atom stereocenters. The highest BCUT2D eigenvalue weighted by Gasteiger charge is 2.13. The summed E-state index contributed by atoms with van der Waals surface area (Å²) in [6.07, 6.45) is 5.12. The van der Waals surface area contributed by atoms with E-state index in [1.165, 1.54) is 0 Å². The van der Waals surface area contributed by atoms with Gasteiger partial charge in [-0.3, -0.25) is 19.4 Å². The van der Waals surface area contributed by atoms with Crippen molar-refractivity contribution < 1.29 is 24.2 Å². The van der Waals surface area contributed by atoms with Crippen LogP contribution in [0.15, 0.2) is 35.3 Å². The normalized spacial score (nSPS) is 11.3. The molecule has 0 aliphatic heterocycles. The largest absolute Gasteiger partial charge is 0.461 e. The van der Waals surface area contributed by atoms with Gasteiger partial charge in [-0.15, -0.1) is 0 Å². The number of esters is 1. The van der Waals surface area contributed by atoms with Crippen LogP contribution in [0.5, 0.6) is 0 Å². The Morgan fingerprint density at radius 2 is 1.59 bits per heavy atom. The molecule has 0 heterocycles. The molecule has 0 aromatic heterocycles. The summed E-state index contributed by atoms with van der Waals surface area (Å²) in [6.45, 7) is 0.967. The van der Waals surface area contributed by atoms with E-state index in [1.54, 1.807) is 0 Å². The summed E-state index contributed by atoms with van der Waals surface area (Å²) in [5, 5.41) is 15.2. The number of nitrogens with two attached hydrogens (primary N) is 2. The molecule has 34 heavy (non-hydrogen) atoms. The van der Waals surface area contributed by atoms with E-state index in [0.717, 1.165) is 44.1 Å². The number of amides is 2. The first-order valence-electron chi connectivity index (χ1n) is 11.8. The second-order valence-electron chi connectivity index (χ2n) is 8.09. The van der Waals surface area contributed by atoms with Crippen LogP contribution in [0.25, 0.3) is 0 Å². The second-order valence-corrected chi connectivity index (χ2v) is 8.09. The van der Waals surface area contributed by atoms with Gasteiger partial charge >= 0.3 is 5.97 Å². The van der Waals surface area contributed by atoms with Gasteiger partial charge in [0.25, 0.3) is 0 Å². The Bertz CT molecular complexity index is 753. The van der Waals surface area contributed by atoms with Gasteiger partial charge in [-0.1, -0.05) is 56.0 Å². The van der Waals surface area contributed by atoms with Gasteiger partial charge in [0.15, 0.2) is 5.96 Å². The SMILES string of the molecule is NC(N)=NCCCCCCCCC(=O)NC[C@@H](O)CC(=O)NCCC(=O)OCc1ccccc1. The molecule has 0 saturated carbocycles. The van der Waals surface area contributed by atoms with Crippen molar-refractivity contribution in [3.8, 4) is 0 Å².